The lowest BCUT2D eigenvalue weighted by atomic mass is 9.78. The molecule has 1 atom stereocenters. The maximum absolute atomic E-state index is 11.9. The zero-order valence-corrected chi connectivity index (χ0v) is 19.1. The van der Waals surface area contributed by atoms with Gasteiger partial charge in [0, 0.05) is 39.5 Å². The summed E-state index contributed by atoms with van der Waals surface area (Å²) in [5, 5.41) is 3.45. The maximum atomic E-state index is 11.9. The monoisotopic (exact) mass is 470 g/mol. The van der Waals surface area contributed by atoms with Crippen molar-refractivity contribution in [2.45, 2.75) is 39.5 Å². The number of amides is 1. The van der Waals surface area contributed by atoms with Crippen molar-refractivity contribution in [3.63, 3.8) is 0 Å². The first-order chi connectivity index (χ1) is 10.9. The van der Waals surface area contributed by atoms with E-state index in [4.69, 9.17) is 0 Å². The lowest BCUT2D eigenvalue weighted by Crippen LogP contribution is -2.50. The fourth-order valence-corrected chi connectivity index (χ4v) is 3.43. The number of hydrogen-bond acceptors (Lipinski definition) is 3. The Hall–Kier alpha value is -0.180. The topological polar surface area (TPSA) is 47.9 Å². The molecule has 1 N–H and O–H groups in total. The van der Waals surface area contributed by atoms with Crippen LogP contribution in [0.3, 0.4) is 0 Å². The van der Waals surface area contributed by atoms with Crippen molar-refractivity contribution in [2.24, 2.45) is 10.4 Å². The minimum absolute atomic E-state index is 0. The fraction of sp³-hybridized carbons (Fsp3) is 0.882. The second-order valence-electron chi connectivity index (χ2n) is 6.93. The van der Waals surface area contributed by atoms with Crippen LogP contribution >= 0.6 is 35.7 Å². The van der Waals surface area contributed by atoms with Crippen LogP contribution in [-0.2, 0) is 4.79 Å². The molecular formula is C17H35IN4OS. The maximum Gasteiger partial charge on any atom is 0.243 e. The third-order valence-electron chi connectivity index (χ3n) is 4.39. The summed E-state index contributed by atoms with van der Waals surface area (Å²) in [4.78, 5) is 20.4. The van der Waals surface area contributed by atoms with Gasteiger partial charge in [-0.25, -0.2) is 4.99 Å². The molecule has 0 spiro atoms. The first kappa shape index (κ1) is 23.8. The number of carbonyl (C=O) groups excluding carboxylic acids is 1. The predicted molar refractivity (Wildman–Crippen MR) is 117 cm³/mol. The molecule has 1 saturated heterocycles. The Balaban J connectivity index is 0.00000529. The van der Waals surface area contributed by atoms with Crippen LogP contribution in [0.2, 0.25) is 0 Å². The van der Waals surface area contributed by atoms with Crippen molar-refractivity contribution in [3.8, 4) is 0 Å². The molecule has 0 aliphatic carbocycles. The second kappa shape index (κ2) is 12.2. The van der Waals surface area contributed by atoms with Gasteiger partial charge in [0.05, 0.1) is 0 Å². The molecule has 1 heterocycles. The zero-order chi connectivity index (χ0) is 17.3. The molecule has 24 heavy (non-hydrogen) atoms. The van der Waals surface area contributed by atoms with E-state index in [1.54, 1.807) is 19.0 Å². The molecule has 5 nitrogen and oxygen atoms in total. The number of thioether (sulfide) groups is 1. The van der Waals surface area contributed by atoms with Gasteiger partial charge in [-0.05, 0) is 30.9 Å². The van der Waals surface area contributed by atoms with Gasteiger partial charge >= 0.3 is 0 Å². The molecule has 0 bridgehead atoms. The Labute approximate surface area is 169 Å². The van der Waals surface area contributed by atoms with Crippen LogP contribution in [0.5, 0.6) is 0 Å². The number of carbonyl (C=O) groups is 1. The zero-order valence-electron chi connectivity index (χ0n) is 15.9. The highest BCUT2D eigenvalue weighted by molar-refractivity contribution is 14.0. The summed E-state index contributed by atoms with van der Waals surface area (Å²) in [5.74, 6) is 1.99. The van der Waals surface area contributed by atoms with Crippen LogP contribution in [-0.4, -0.2) is 73.9 Å². The molecule has 1 unspecified atom stereocenters. The number of piperidine rings is 1. The predicted octanol–water partition coefficient (Wildman–Crippen LogP) is 2.90. The van der Waals surface area contributed by atoms with E-state index in [9.17, 15) is 4.79 Å². The van der Waals surface area contributed by atoms with Gasteiger partial charge in [-0.2, -0.15) is 11.8 Å². The molecule has 1 amide bonds. The molecule has 1 aliphatic rings. The molecule has 142 valence electrons. The van der Waals surface area contributed by atoms with Crippen LogP contribution in [0.4, 0.5) is 0 Å². The van der Waals surface area contributed by atoms with Gasteiger partial charge in [-0.3, -0.25) is 4.79 Å². The summed E-state index contributed by atoms with van der Waals surface area (Å²) in [6.45, 7) is 7.80. The van der Waals surface area contributed by atoms with Crippen LogP contribution in [0.1, 0.15) is 39.5 Å². The van der Waals surface area contributed by atoms with Crippen molar-refractivity contribution in [2.75, 3.05) is 52.3 Å². The van der Waals surface area contributed by atoms with E-state index in [1.165, 1.54) is 25.7 Å². The SMILES string of the molecule is CCCC1(C)CCCN(C(=NCC(=O)N(C)C)NCCSC)C1.I. The number of hydrogen-bond donors (Lipinski definition) is 1. The third kappa shape index (κ3) is 8.27. The van der Waals surface area contributed by atoms with Gasteiger partial charge in [0.25, 0.3) is 0 Å². The summed E-state index contributed by atoms with van der Waals surface area (Å²) in [6.07, 6.45) is 7.05. The number of halogens is 1. The molecule has 1 aliphatic heterocycles. The first-order valence-corrected chi connectivity index (χ1v) is 10.0. The minimum atomic E-state index is 0. The second-order valence-corrected chi connectivity index (χ2v) is 7.92. The Bertz CT molecular complexity index is 402. The first-order valence-electron chi connectivity index (χ1n) is 8.64. The van der Waals surface area contributed by atoms with Gasteiger partial charge in [-0.1, -0.05) is 20.3 Å². The van der Waals surface area contributed by atoms with Gasteiger partial charge in [-0.15, -0.1) is 24.0 Å². The van der Waals surface area contributed by atoms with Crippen LogP contribution in [0, 0.1) is 5.41 Å². The molecule has 0 radical (unpaired) electrons. The van der Waals surface area contributed by atoms with E-state index in [0.29, 0.717) is 5.41 Å². The van der Waals surface area contributed by atoms with Gasteiger partial charge in [0.2, 0.25) is 5.91 Å². The highest BCUT2D eigenvalue weighted by Crippen LogP contribution is 2.33. The Morgan fingerprint density at radius 2 is 2.12 bits per heavy atom. The average Bonchev–Trinajstić information content (AvgIpc) is 2.50. The van der Waals surface area contributed by atoms with Gasteiger partial charge < -0.3 is 15.1 Å². The molecular weight excluding hydrogens is 435 g/mol. The molecule has 1 rings (SSSR count). The van der Waals surface area contributed by atoms with Crippen LogP contribution in [0.25, 0.3) is 0 Å². The summed E-state index contributed by atoms with van der Waals surface area (Å²) < 4.78 is 0. The van der Waals surface area contributed by atoms with E-state index in [2.05, 4.69) is 35.3 Å². The Morgan fingerprint density at radius 3 is 2.71 bits per heavy atom. The van der Waals surface area contributed by atoms with Gasteiger partial charge in [0.1, 0.15) is 6.54 Å². The van der Waals surface area contributed by atoms with Crippen molar-refractivity contribution in [1.82, 2.24) is 15.1 Å². The molecule has 1 fully saturated rings. The Kier molecular flexibility index (Phi) is 12.1. The highest BCUT2D eigenvalue weighted by Gasteiger charge is 2.31. The lowest BCUT2D eigenvalue weighted by molar-refractivity contribution is -0.127. The largest absolute Gasteiger partial charge is 0.355 e. The third-order valence-corrected chi connectivity index (χ3v) is 5.00. The summed E-state index contributed by atoms with van der Waals surface area (Å²) in [5.41, 5.74) is 0.362. The van der Waals surface area contributed by atoms with Crippen molar-refractivity contribution in [1.29, 1.82) is 0 Å². The number of rotatable bonds is 7. The number of nitrogens with zero attached hydrogens (tertiary/aromatic N) is 3. The molecule has 0 saturated carbocycles. The lowest BCUT2D eigenvalue weighted by Gasteiger charge is -2.42. The van der Waals surface area contributed by atoms with Gasteiger partial charge in [0.15, 0.2) is 5.96 Å². The number of aliphatic imine (C=N–C) groups is 1. The number of guanidine groups is 1. The van der Waals surface area contributed by atoms with Crippen LogP contribution in [0.15, 0.2) is 4.99 Å². The van der Waals surface area contributed by atoms with E-state index in [0.717, 1.165) is 31.3 Å². The van der Waals surface area contributed by atoms with Crippen molar-refractivity contribution < 1.29 is 4.79 Å². The van der Waals surface area contributed by atoms with Crippen molar-refractivity contribution in [3.05, 3.63) is 0 Å². The van der Waals surface area contributed by atoms with E-state index in [1.807, 2.05) is 11.8 Å². The minimum Gasteiger partial charge on any atom is -0.355 e. The fourth-order valence-electron chi connectivity index (χ4n) is 3.12. The quantitative estimate of drug-likeness (QED) is 0.269. The molecule has 0 aromatic heterocycles. The molecule has 0 aromatic carbocycles. The standard InChI is InChI=1S/C17H34N4OS.HI/c1-6-8-17(2)9-7-11-21(14-17)16(18-10-12-23-5)19-13-15(22)20(3)4;/h6-14H2,1-5H3,(H,18,19);1H. The Morgan fingerprint density at radius 1 is 1.42 bits per heavy atom. The summed E-state index contributed by atoms with van der Waals surface area (Å²) >= 11 is 1.82. The highest BCUT2D eigenvalue weighted by atomic mass is 127. The summed E-state index contributed by atoms with van der Waals surface area (Å²) in [7, 11) is 3.55. The smallest absolute Gasteiger partial charge is 0.243 e. The average molecular weight is 470 g/mol. The van der Waals surface area contributed by atoms with Crippen molar-refractivity contribution >= 4 is 47.6 Å². The van der Waals surface area contributed by atoms with E-state index < -0.39 is 0 Å². The molecule has 0 aromatic rings. The molecule has 7 heteroatoms. The van der Waals surface area contributed by atoms with E-state index >= 15 is 0 Å². The number of likely N-dealkylation sites (N-methyl/N-ethyl adjacent to an activating group) is 1. The van der Waals surface area contributed by atoms with E-state index in [-0.39, 0.29) is 36.4 Å². The summed E-state index contributed by atoms with van der Waals surface area (Å²) in [6, 6.07) is 0. The van der Waals surface area contributed by atoms with Crippen LogP contribution < -0.4 is 5.32 Å². The number of nitrogens with one attached hydrogen (secondary N) is 1. The number of likely N-dealkylation sites (tertiary alicyclic amines) is 1. The normalized spacial score (nSPS) is 21.2.